The van der Waals surface area contributed by atoms with Crippen LogP contribution in [0.3, 0.4) is 0 Å². The highest BCUT2D eigenvalue weighted by Gasteiger charge is 2.26. The number of carbonyl (C=O) groups is 1. The summed E-state index contributed by atoms with van der Waals surface area (Å²) >= 11 is 5.27. The normalized spacial score (nSPS) is 17.8. The fourth-order valence-corrected chi connectivity index (χ4v) is 4.25. The van der Waals surface area contributed by atoms with Crippen LogP contribution < -0.4 is 0 Å². The van der Waals surface area contributed by atoms with Crippen molar-refractivity contribution in [2.24, 2.45) is 0 Å². The summed E-state index contributed by atoms with van der Waals surface area (Å²) in [6.45, 7) is 4.31. The Morgan fingerprint density at radius 1 is 1.35 bits per heavy atom. The van der Waals surface area contributed by atoms with Gasteiger partial charge in [-0.15, -0.1) is 11.3 Å². The second-order valence-corrected chi connectivity index (χ2v) is 7.99. The molecule has 0 fully saturated rings. The highest BCUT2D eigenvalue weighted by atomic mass is 79.9. The SMILES string of the molecule is C[C@H]1c2ccsc2CCN1CC(=O)N(C)Cc1ccc(Br)cc1. The van der Waals surface area contributed by atoms with Crippen molar-refractivity contribution in [2.75, 3.05) is 20.1 Å². The van der Waals surface area contributed by atoms with Crippen molar-refractivity contribution < 1.29 is 4.79 Å². The summed E-state index contributed by atoms with van der Waals surface area (Å²) < 4.78 is 1.06. The molecule has 1 amide bonds. The first-order chi connectivity index (χ1) is 11.0. The van der Waals surface area contributed by atoms with E-state index in [0.717, 1.165) is 23.0 Å². The summed E-state index contributed by atoms with van der Waals surface area (Å²) in [6, 6.07) is 10.7. The first-order valence-electron chi connectivity index (χ1n) is 7.83. The van der Waals surface area contributed by atoms with Gasteiger partial charge in [0.25, 0.3) is 0 Å². The molecule has 0 radical (unpaired) electrons. The molecule has 0 bridgehead atoms. The Morgan fingerprint density at radius 3 is 2.83 bits per heavy atom. The van der Waals surface area contributed by atoms with Gasteiger partial charge in [0, 0.05) is 35.5 Å². The lowest BCUT2D eigenvalue weighted by Crippen LogP contribution is -2.41. The van der Waals surface area contributed by atoms with Gasteiger partial charge in [-0.25, -0.2) is 0 Å². The van der Waals surface area contributed by atoms with Crippen LogP contribution in [0.4, 0.5) is 0 Å². The maximum Gasteiger partial charge on any atom is 0.236 e. The van der Waals surface area contributed by atoms with E-state index in [1.54, 1.807) is 0 Å². The van der Waals surface area contributed by atoms with Gasteiger partial charge in [0.05, 0.1) is 6.54 Å². The van der Waals surface area contributed by atoms with E-state index in [-0.39, 0.29) is 5.91 Å². The summed E-state index contributed by atoms with van der Waals surface area (Å²) in [5.74, 6) is 0.179. The molecule has 2 heterocycles. The van der Waals surface area contributed by atoms with Crippen molar-refractivity contribution in [3.8, 4) is 0 Å². The number of benzene rings is 1. The molecule has 0 spiro atoms. The summed E-state index contributed by atoms with van der Waals surface area (Å²) in [4.78, 5) is 18.1. The number of rotatable bonds is 4. The van der Waals surface area contributed by atoms with Gasteiger partial charge in [0.1, 0.15) is 0 Å². The minimum Gasteiger partial charge on any atom is -0.340 e. The fourth-order valence-electron chi connectivity index (χ4n) is 3.02. The summed E-state index contributed by atoms with van der Waals surface area (Å²) in [7, 11) is 1.88. The minimum absolute atomic E-state index is 0.179. The molecule has 1 aliphatic rings. The van der Waals surface area contributed by atoms with Crippen LogP contribution in [0.2, 0.25) is 0 Å². The van der Waals surface area contributed by atoms with E-state index in [1.807, 2.05) is 35.4 Å². The van der Waals surface area contributed by atoms with Crippen LogP contribution in [-0.4, -0.2) is 35.8 Å². The number of thiophene rings is 1. The number of carbonyl (C=O) groups excluding carboxylic acids is 1. The summed E-state index contributed by atoms with van der Waals surface area (Å²) in [5, 5.41) is 2.16. The quantitative estimate of drug-likeness (QED) is 0.781. The average Bonchev–Trinajstić information content (AvgIpc) is 3.01. The zero-order valence-corrected chi connectivity index (χ0v) is 15.9. The maximum atomic E-state index is 12.6. The minimum atomic E-state index is 0.179. The topological polar surface area (TPSA) is 23.6 Å². The van der Waals surface area contributed by atoms with Crippen LogP contribution in [0.5, 0.6) is 0 Å². The van der Waals surface area contributed by atoms with E-state index in [1.165, 1.54) is 10.4 Å². The second-order valence-electron chi connectivity index (χ2n) is 6.07. The highest BCUT2D eigenvalue weighted by molar-refractivity contribution is 9.10. The van der Waals surface area contributed by atoms with E-state index in [0.29, 0.717) is 19.1 Å². The molecule has 0 aliphatic carbocycles. The maximum absolute atomic E-state index is 12.6. The third-order valence-corrected chi connectivity index (χ3v) is 6.03. The average molecular weight is 393 g/mol. The molecule has 0 N–H and O–H groups in total. The monoisotopic (exact) mass is 392 g/mol. The van der Waals surface area contributed by atoms with Crippen LogP contribution in [-0.2, 0) is 17.8 Å². The van der Waals surface area contributed by atoms with Crippen molar-refractivity contribution in [2.45, 2.75) is 25.9 Å². The molecule has 3 rings (SSSR count). The molecule has 1 aromatic carbocycles. The molecule has 1 atom stereocenters. The Balaban J connectivity index is 1.59. The van der Waals surface area contributed by atoms with Crippen LogP contribution in [0.25, 0.3) is 0 Å². The lowest BCUT2D eigenvalue weighted by Gasteiger charge is -2.34. The molecule has 0 unspecified atom stereocenters. The molecule has 1 aromatic heterocycles. The van der Waals surface area contributed by atoms with Crippen LogP contribution >= 0.6 is 27.3 Å². The summed E-state index contributed by atoms with van der Waals surface area (Å²) in [5.41, 5.74) is 2.54. The number of hydrogen-bond acceptors (Lipinski definition) is 3. The molecule has 0 saturated heterocycles. The van der Waals surface area contributed by atoms with Gasteiger partial charge in [-0.2, -0.15) is 0 Å². The molecule has 23 heavy (non-hydrogen) atoms. The Kier molecular flexibility index (Phi) is 5.19. The molecular formula is C18H21BrN2OS. The Bertz CT molecular complexity index is 683. The van der Waals surface area contributed by atoms with Crippen molar-refractivity contribution in [1.29, 1.82) is 0 Å². The van der Waals surface area contributed by atoms with Gasteiger partial charge in [-0.05, 0) is 48.1 Å². The van der Waals surface area contributed by atoms with Gasteiger partial charge in [-0.1, -0.05) is 28.1 Å². The number of amides is 1. The van der Waals surface area contributed by atoms with Gasteiger partial charge in [0.15, 0.2) is 0 Å². The van der Waals surface area contributed by atoms with E-state index >= 15 is 0 Å². The van der Waals surface area contributed by atoms with Crippen molar-refractivity contribution in [1.82, 2.24) is 9.80 Å². The molecule has 3 nitrogen and oxygen atoms in total. The van der Waals surface area contributed by atoms with Crippen molar-refractivity contribution in [3.05, 3.63) is 56.2 Å². The van der Waals surface area contributed by atoms with Crippen LogP contribution in [0, 0.1) is 0 Å². The van der Waals surface area contributed by atoms with E-state index < -0.39 is 0 Å². The Morgan fingerprint density at radius 2 is 2.09 bits per heavy atom. The standard InChI is InChI=1S/C18H21BrN2OS/c1-13-16-8-10-23-17(16)7-9-21(13)12-18(22)20(2)11-14-3-5-15(19)6-4-14/h3-6,8,10,13H,7,9,11-12H2,1-2H3/t13-/m0/s1. The van der Waals surface area contributed by atoms with E-state index in [9.17, 15) is 4.79 Å². The zero-order chi connectivity index (χ0) is 16.4. The van der Waals surface area contributed by atoms with Crippen LogP contribution in [0.1, 0.15) is 29.0 Å². The van der Waals surface area contributed by atoms with Gasteiger partial charge in [0.2, 0.25) is 5.91 Å². The predicted molar refractivity (Wildman–Crippen MR) is 98.6 cm³/mol. The van der Waals surface area contributed by atoms with E-state index in [4.69, 9.17) is 0 Å². The Hall–Kier alpha value is -1.17. The number of halogens is 1. The molecular weight excluding hydrogens is 372 g/mol. The zero-order valence-electron chi connectivity index (χ0n) is 13.5. The Labute approximate surface area is 150 Å². The smallest absolute Gasteiger partial charge is 0.236 e. The van der Waals surface area contributed by atoms with E-state index in [2.05, 4.69) is 51.3 Å². The van der Waals surface area contributed by atoms with Crippen molar-refractivity contribution >= 4 is 33.2 Å². The second kappa shape index (κ2) is 7.16. The molecule has 0 saturated carbocycles. The number of nitrogens with zero attached hydrogens (tertiary/aromatic N) is 2. The number of likely N-dealkylation sites (N-methyl/N-ethyl adjacent to an activating group) is 1. The largest absolute Gasteiger partial charge is 0.340 e. The fraction of sp³-hybridized carbons (Fsp3) is 0.389. The van der Waals surface area contributed by atoms with Crippen LogP contribution in [0.15, 0.2) is 40.2 Å². The highest BCUT2D eigenvalue weighted by Crippen LogP contribution is 2.32. The predicted octanol–water partition coefficient (Wildman–Crippen LogP) is 4.09. The third kappa shape index (κ3) is 3.84. The molecule has 5 heteroatoms. The molecule has 122 valence electrons. The first-order valence-corrected chi connectivity index (χ1v) is 9.50. The lowest BCUT2D eigenvalue weighted by molar-refractivity contribution is -0.132. The first kappa shape index (κ1) is 16.7. The van der Waals surface area contributed by atoms with Gasteiger partial charge in [-0.3, -0.25) is 9.69 Å². The molecule has 1 aliphatic heterocycles. The molecule has 2 aromatic rings. The lowest BCUT2D eigenvalue weighted by atomic mass is 10.0. The summed E-state index contributed by atoms with van der Waals surface area (Å²) in [6.07, 6.45) is 1.06. The van der Waals surface area contributed by atoms with Gasteiger partial charge < -0.3 is 4.90 Å². The van der Waals surface area contributed by atoms with Crippen molar-refractivity contribution in [3.63, 3.8) is 0 Å². The number of hydrogen-bond donors (Lipinski definition) is 0. The third-order valence-electron chi connectivity index (χ3n) is 4.50. The van der Waals surface area contributed by atoms with Gasteiger partial charge >= 0.3 is 0 Å². The number of fused-ring (bicyclic) bond motifs is 1.